The molecule has 2 rings (SSSR count). The molecule has 1 heterocycles. The van der Waals surface area contributed by atoms with Gasteiger partial charge in [-0.15, -0.1) is 0 Å². The second-order valence-electron chi connectivity index (χ2n) is 5.01. The molecule has 1 saturated heterocycles. The Balaban J connectivity index is 1.91. The van der Waals surface area contributed by atoms with Crippen LogP contribution >= 0.6 is 11.6 Å². The van der Waals surface area contributed by atoms with Crippen LogP contribution < -0.4 is 10.1 Å². The summed E-state index contributed by atoms with van der Waals surface area (Å²) in [5.41, 5.74) is 0.952. The first-order chi connectivity index (χ1) is 9.61. The Morgan fingerprint density at radius 1 is 1.55 bits per heavy atom. The average Bonchev–Trinajstić information content (AvgIpc) is 2.45. The first-order valence-corrected chi connectivity index (χ1v) is 7.21. The van der Waals surface area contributed by atoms with Crippen molar-refractivity contribution in [2.45, 2.75) is 32.4 Å². The van der Waals surface area contributed by atoms with E-state index >= 15 is 0 Å². The van der Waals surface area contributed by atoms with Crippen LogP contribution in [0.5, 0.6) is 5.75 Å². The van der Waals surface area contributed by atoms with Gasteiger partial charge in [-0.1, -0.05) is 17.7 Å². The van der Waals surface area contributed by atoms with Crippen molar-refractivity contribution in [3.8, 4) is 5.75 Å². The van der Waals surface area contributed by atoms with Gasteiger partial charge in [-0.3, -0.25) is 4.79 Å². The largest absolute Gasteiger partial charge is 0.495 e. The fourth-order valence-electron chi connectivity index (χ4n) is 2.41. The van der Waals surface area contributed by atoms with Crippen molar-refractivity contribution in [1.29, 1.82) is 0 Å². The smallest absolute Gasteiger partial charge is 0.225 e. The highest BCUT2D eigenvalue weighted by molar-refractivity contribution is 6.32. The van der Waals surface area contributed by atoms with Crippen molar-refractivity contribution < 1.29 is 14.3 Å². The van der Waals surface area contributed by atoms with Gasteiger partial charge in [0.05, 0.1) is 24.2 Å². The molecule has 1 aromatic rings. The first-order valence-electron chi connectivity index (χ1n) is 6.83. The molecule has 0 aromatic heterocycles. The summed E-state index contributed by atoms with van der Waals surface area (Å²) < 4.78 is 10.6. The minimum atomic E-state index is -0.0579. The van der Waals surface area contributed by atoms with Gasteiger partial charge >= 0.3 is 0 Å². The maximum absolute atomic E-state index is 12.1. The number of rotatable bonds is 4. The van der Waals surface area contributed by atoms with Gasteiger partial charge in [-0.2, -0.15) is 0 Å². The van der Waals surface area contributed by atoms with Crippen LogP contribution in [0.1, 0.15) is 25.3 Å². The second kappa shape index (κ2) is 6.95. The Hall–Kier alpha value is -1.26. The van der Waals surface area contributed by atoms with Crippen LogP contribution in [0.3, 0.4) is 0 Å². The number of carbonyl (C=O) groups is 1. The monoisotopic (exact) mass is 297 g/mol. The van der Waals surface area contributed by atoms with Gasteiger partial charge in [-0.05, 0) is 37.5 Å². The summed E-state index contributed by atoms with van der Waals surface area (Å²) in [6.07, 6.45) is 1.82. The fraction of sp³-hybridized carbons (Fsp3) is 0.533. The van der Waals surface area contributed by atoms with E-state index in [-0.39, 0.29) is 17.9 Å². The van der Waals surface area contributed by atoms with Gasteiger partial charge in [0.15, 0.2) is 0 Å². The van der Waals surface area contributed by atoms with E-state index in [2.05, 4.69) is 5.32 Å². The molecule has 4 nitrogen and oxygen atoms in total. The summed E-state index contributed by atoms with van der Waals surface area (Å²) >= 11 is 6.06. The number of carbonyl (C=O) groups excluding carboxylic acids is 1. The highest BCUT2D eigenvalue weighted by Crippen LogP contribution is 2.25. The molecule has 1 N–H and O–H groups in total. The van der Waals surface area contributed by atoms with Crippen LogP contribution in [0.15, 0.2) is 18.2 Å². The fourth-order valence-corrected chi connectivity index (χ4v) is 2.69. The van der Waals surface area contributed by atoms with Crippen molar-refractivity contribution in [2.24, 2.45) is 5.92 Å². The van der Waals surface area contributed by atoms with Crippen molar-refractivity contribution in [3.05, 3.63) is 28.8 Å². The molecule has 0 saturated carbocycles. The quantitative estimate of drug-likeness (QED) is 0.929. The van der Waals surface area contributed by atoms with E-state index in [9.17, 15) is 4.79 Å². The van der Waals surface area contributed by atoms with Crippen LogP contribution in [0.2, 0.25) is 5.02 Å². The summed E-state index contributed by atoms with van der Waals surface area (Å²) in [6, 6.07) is 5.50. The average molecular weight is 298 g/mol. The number of nitrogens with one attached hydrogen (secondary N) is 1. The van der Waals surface area contributed by atoms with E-state index in [1.165, 1.54) is 0 Å². The van der Waals surface area contributed by atoms with Crippen molar-refractivity contribution in [1.82, 2.24) is 5.32 Å². The maximum Gasteiger partial charge on any atom is 0.225 e. The van der Waals surface area contributed by atoms with Crippen molar-refractivity contribution in [3.63, 3.8) is 0 Å². The molecule has 110 valence electrons. The molecule has 0 radical (unpaired) electrons. The summed E-state index contributed by atoms with van der Waals surface area (Å²) in [5.74, 6) is 0.623. The molecular formula is C15H20ClNO3. The van der Waals surface area contributed by atoms with Crippen LogP contribution in [0, 0.1) is 5.92 Å². The van der Waals surface area contributed by atoms with Gasteiger partial charge in [0.1, 0.15) is 5.75 Å². The Morgan fingerprint density at radius 2 is 2.35 bits per heavy atom. The van der Waals surface area contributed by atoms with Crippen molar-refractivity contribution in [2.75, 3.05) is 13.7 Å². The zero-order valence-electron chi connectivity index (χ0n) is 11.8. The van der Waals surface area contributed by atoms with Gasteiger partial charge < -0.3 is 14.8 Å². The van der Waals surface area contributed by atoms with Crippen LogP contribution in [0.4, 0.5) is 0 Å². The third-order valence-corrected chi connectivity index (χ3v) is 3.92. The Labute approximate surface area is 124 Å². The van der Waals surface area contributed by atoms with Gasteiger partial charge in [0.2, 0.25) is 5.91 Å². The van der Waals surface area contributed by atoms with Gasteiger partial charge in [0.25, 0.3) is 0 Å². The molecule has 0 spiro atoms. The molecule has 0 aliphatic carbocycles. The minimum absolute atomic E-state index is 0.0109. The third-order valence-electron chi connectivity index (χ3n) is 3.63. The highest BCUT2D eigenvalue weighted by Gasteiger charge is 2.28. The molecule has 5 heteroatoms. The molecule has 1 aromatic carbocycles. The molecule has 1 aliphatic rings. The van der Waals surface area contributed by atoms with Gasteiger partial charge in [0, 0.05) is 13.2 Å². The molecule has 1 amide bonds. The standard InChI is InChI=1S/C15H20ClNO3/c1-10-12(4-3-7-20-10)15(18)17-9-11-5-6-14(19-2)13(16)8-11/h5-6,8,10,12H,3-4,7,9H2,1-2H3,(H,17,18)/t10-,12+/m0/s1. The summed E-state index contributed by atoms with van der Waals surface area (Å²) in [4.78, 5) is 12.1. The Bertz CT molecular complexity index is 478. The molecule has 0 unspecified atom stereocenters. The first kappa shape index (κ1) is 15.1. The van der Waals surface area contributed by atoms with Crippen LogP contribution in [0.25, 0.3) is 0 Å². The van der Waals surface area contributed by atoms with E-state index in [1.54, 1.807) is 13.2 Å². The summed E-state index contributed by atoms with van der Waals surface area (Å²) in [5, 5.41) is 3.50. The maximum atomic E-state index is 12.1. The number of methoxy groups -OCH3 is 1. The minimum Gasteiger partial charge on any atom is -0.495 e. The molecule has 0 bridgehead atoms. The second-order valence-corrected chi connectivity index (χ2v) is 5.42. The zero-order valence-corrected chi connectivity index (χ0v) is 12.6. The normalized spacial score (nSPS) is 22.4. The lowest BCUT2D eigenvalue weighted by Crippen LogP contribution is -2.39. The number of hydrogen-bond acceptors (Lipinski definition) is 3. The number of ether oxygens (including phenoxy) is 2. The predicted octanol–water partition coefficient (Wildman–Crippen LogP) is 2.78. The Kier molecular flexibility index (Phi) is 5.26. The number of amides is 1. The molecular weight excluding hydrogens is 278 g/mol. The molecule has 1 aliphatic heterocycles. The Morgan fingerprint density at radius 3 is 3.00 bits per heavy atom. The van der Waals surface area contributed by atoms with E-state index in [0.29, 0.717) is 17.3 Å². The van der Waals surface area contributed by atoms with E-state index in [0.717, 1.165) is 25.0 Å². The van der Waals surface area contributed by atoms with E-state index in [4.69, 9.17) is 21.1 Å². The SMILES string of the molecule is COc1ccc(CNC(=O)[C@@H]2CCCO[C@H]2C)cc1Cl. The third kappa shape index (κ3) is 3.64. The summed E-state index contributed by atoms with van der Waals surface area (Å²) in [7, 11) is 1.58. The van der Waals surface area contributed by atoms with Gasteiger partial charge in [-0.25, -0.2) is 0 Å². The van der Waals surface area contributed by atoms with Crippen molar-refractivity contribution >= 4 is 17.5 Å². The zero-order chi connectivity index (χ0) is 14.5. The molecule has 2 atom stereocenters. The van der Waals surface area contributed by atoms with E-state index < -0.39 is 0 Å². The van der Waals surface area contributed by atoms with Crippen LogP contribution in [-0.4, -0.2) is 25.7 Å². The lowest BCUT2D eigenvalue weighted by atomic mass is 9.94. The number of halogens is 1. The lowest BCUT2D eigenvalue weighted by Gasteiger charge is -2.28. The highest BCUT2D eigenvalue weighted by atomic mass is 35.5. The molecule has 20 heavy (non-hydrogen) atoms. The number of hydrogen-bond donors (Lipinski definition) is 1. The summed E-state index contributed by atoms with van der Waals surface area (Å²) in [6.45, 7) is 3.17. The predicted molar refractivity (Wildman–Crippen MR) is 78.0 cm³/mol. The topological polar surface area (TPSA) is 47.6 Å². The molecule has 1 fully saturated rings. The van der Waals surface area contributed by atoms with Crippen LogP contribution in [-0.2, 0) is 16.1 Å². The van der Waals surface area contributed by atoms with E-state index in [1.807, 2.05) is 19.1 Å². The number of benzene rings is 1. The lowest BCUT2D eigenvalue weighted by molar-refractivity contribution is -0.133.